The lowest BCUT2D eigenvalue weighted by molar-refractivity contribution is 0.0339. The van der Waals surface area contributed by atoms with Gasteiger partial charge in [0.05, 0.1) is 17.2 Å². The molecule has 0 bridgehead atoms. The van der Waals surface area contributed by atoms with Crippen molar-refractivity contribution in [3.63, 3.8) is 0 Å². The van der Waals surface area contributed by atoms with Gasteiger partial charge in [0, 0.05) is 32.9 Å². The second-order valence-corrected chi connectivity index (χ2v) is 4.63. The fraction of sp³-hybridized carbons (Fsp3) is 0.600. The predicted molar refractivity (Wildman–Crippen MR) is 65.6 cm³/mol. The van der Waals surface area contributed by atoms with E-state index in [0.717, 1.165) is 36.5 Å². The number of nitrogens with zero attached hydrogens (tertiary/aromatic N) is 3. The molecule has 1 fully saturated rings. The Morgan fingerprint density at radius 3 is 3.25 bits per heavy atom. The SMILES string of the molecule is CN(CC1CNCCO1)c1ncncc1Br. The maximum absolute atomic E-state index is 5.65. The molecule has 1 N–H and O–H groups in total. The smallest absolute Gasteiger partial charge is 0.146 e. The van der Waals surface area contributed by atoms with Crippen molar-refractivity contribution in [3.05, 3.63) is 17.0 Å². The summed E-state index contributed by atoms with van der Waals surface area (Å²) in [6, 6.07) is 0. The van der Waals surface area contributed by atoms with Crippen molar-refractivity contribution in [1.29, 1.82) is 0 Å². The summed E-state index contributed by atoms with van der Waals surface area (Å²) >= 11 is 3.44. The summed E-state index contributed by atoms with van der Waals surface area (Å²) in [6.45, 7) is 3.44. The van der Waals surface area contributed by atoms with Gasteiger partial charge in [-0.15, -0.1) is 0 Å². The average molecular weight is 287 g/mol. The van der Waals surface area contributed by atoms with Crippen LogP contribution in [0.25, 0.3) is 0 Å². The molecule has 2 heterocycles. The van der Waals surface area contributed by atoms with Gasteiger partial charge in [0.25, 0.3) is 0 Å². The standard InChI is InChI=1S/C10H15BrN4O/c1-15(6-8-4-12-2-3-16-8)10-9(11)5-13-7-14-10/h5,7-8,12H,2-4,6H2,1H3. The van der Waals surface area contributed by atoms with E-state index in [9.17, 15) is 0 Å². The molecule has 2 rings (SSSR count). The van der Waals surface area contributed by atoms with Gasteiger partial charge in [-0.3, -0.25) is 0 Å². The zero-order valence-electron chi connectivity index (χ0n) is 9.19. The van der Waals surface area contributed by atoms with Crippen LogP contribution in [0, 0.1) is 0 Å². The Morgan fingerprint density at radius 1 is 1.69 bits per heavy atom. The quantitative estimate of drug-likeness (QED) is 0.885. The number of nitrogens with one attached hydrogen (secondary N) is 1. The van der Waals surface area contributed by atoms with E-state index < -0.39 is 0 Å². The molecule has 0 radical (unpaired) electrons. The summed E-state index contributed by atoms with van der Waals surface area (Å²) in [7, 11) is 2.01. The number of halogens is 1. The number of hydrogen-bond acceptors (Lipinski definition) is 5. The van der Waals surface area contributed by atoms with Crippen molar-refractivity contribution in [2.24, 2.45) is 0 Å². The number of likely N-dealkylation sites (N-methyl/N-ethyl adjacent to an activating group) is 1. The molecule has 88 valence electrons. The highest BCUT2D eigenvalue weighted by molar-refractivity contribution is 9.10. The molecule has 5 nitrogen and oxygen atoms in total. The Kier molecular flexibility index (Phi) is 4.09. The van der Waals surface area contributed by atoms with Crippen LogP contribution in [0.1, 0.15) is 0 Å². The van der Waals surface area contributed by atoms with Gasteiger partial charge >= 0.3 is 0 Å². The highest BCUT2D eigenvalue weighted by Crippen LogP contribution is 2.21. The van der Waals surface area contributed by atoms with Crippen LogP contribution in [0.3, 0.4) is 0 Å². The molecule has 1 atom stereocenters. The van der Waals surface area contributed by atoms with Crippen molar-refractivity contribution in [2.45, 2.75) is 6.10 Å². The molecular weight excluding hydrogens is 272 g/mol. The highest BCUT2D eigenvalue weighted by Gasteiger charge is 2.17. The number of morpholine rings is 1. The summed E-state index contributed by atoms with van der Waals surface area (Å²) in [4.78, 5) is 10.3. The molecule has 0 amide bonds. The van der Waals surface area contributed by atoms with Crippen LogP contribution in [-0.2, 0) is 4.74 Å². The molecule has 0 saturated carbocycles. The first-order chi connectivity index (χ1) is 7.77. The molecule has 6 heteroatoms. The van der Waals surface area contributed by atoms with Crippen LogP contribution < -0.4 is 10.2 Å². The lowest BCUT2D eigenvalue weighted by Crippen LogP contribution is -2.44. The van der Waals surface area contributed by atoms with E-state index in [-0.39, 0.29) is 6.10 Å². The van der Waals surface area contributed by atoms with E-state index >= 15 is 0 Å². The van der Waals surface area contributed by atoms with Crippen molar-refractivity contribution >= 4 is 21.7 Å². The Hall–Kier alpha value is -0.720. The zero-order chi connectivity index (χ0) is 11.4. The van der Waals surface area contributed by atoms with Crippen LogP contribution in [0.2, 0.25) is 0 Å². The normalized spacial score (nSPS) is 20.8. The minimum atomic E-state index is 0.223. The van der Waals surface area contributed by atoms with E-state index in [2.05, 4.69) is 36.1 Å². The van der Waals surface area contributed by atoms with Crippen molar-refractivity contribution in [3.8, 4) is 0 Å². The molecular formula is C10H15BrN4O. The van der Waals surface area contributed by atoms with Gasteiger partial charge in [-0.25, -0.2) is 9.97 Å². The lowest BCUT2D eigenvalue weighted by atomic mass is 10.3. The van der Waals surface area contributed by atoms with Gasteiger partial charge in [-0.2, -0.15) is 0 Å². The third kappa shape index (κ3) is 2.90. The summed E-state index contributed by atoms with van der Waals surface area (Å²) in [5.41, 5.74) is 0. The first-order valence-corrected chi connectivity index (χ1v) is 6.05. The van der Waals surface area contributed by atoms with E-state index in [1.165, 1.54) is 0 Å². The lowest BCUT2D eigenvalue weighted by Gasteiger charge is -2.28. The summed E-state index contributed by atoms with van der Waals surface area (Å²) in [5, 5.41) is 3.31. The topological polar surface area (TPSA) is 50.3 Å². The zero-order valence-corrected chi connectivity index (χ0v) is 10.8. The monoisotopic (exact) mass is 286 g/mol. The fourth-order valence-corrected chi connectivity index (χ4v) is 2.24. The second kappa shape index (κ2) is 5.56. The maximum Gasteiger partial charge on any atom is 0.146 e. The summed E-state index contributed by atoms with van der Waals surface area (Å²) in [5.74, 6) is 0.893. The Balaban J connectivity index is 1.96. The van der Waals surface area contributed by atoms with E-state index in [1.807, 2.05) is 7.05 Å². The van der Waals surface area contributed by atoms with Gasteiger partial charge < -0.3 is 15.0 Å². The number of aromatic nitrogens is 2. The van der Waals surface area contributed by atoms with Crippen molar-refractivity contribution in [1.82, 2.24) is 15.3 Å². The number of hydrogen-bond donors (Lipinski definition) is 1. The molecule has 1 saturated heterocycles. The van der Waals surface area contributed by atoms with Gasteiger partial charge in [0.15, 0.2) is 0 Å². The van der Waals surface area contributed by atoms with E-state index in [4.69, 9.17) is 4.74 Å². The highest BCUT2D eigenvalue weighted by atomic mass is 79.9. The maximum atomic E-state index is 5.65. The number of rotatable bonds is 3. The van der Waals surface area contributed by atoms with Crippen LogP contribution in [0.15, 0.2) is 17.0 Å². The minimum Gasteiger partial charge on any atom is -0.374 e. The minimum absolute atomic E-state index is 0.223. The summed E-state index contributed by atoms with van der Waals surface area (Å²) in [6.07, 6.45) is 3.52. The molecule has 1 aliphatic rings. The van der Waals surface area contributed by atoms with Gasteiger partial charge in [-0.05, 0) is 15.9 Å². The first-order valence-electron chi connectivity index (χ1n) is 5.26. The van der Waals surface area contributed by atoms with Crippen molar-refractivity contribution < 1.29 is 4.74 Å². The molecule has 1 aliphatic heterocycles. The summed E-state index contributed by atoms with van der Waals surface area (Å²) < 4.78 is 6.55. The Morgan fingerprint density at radius 2 is 2.56 bits per heavy atom. The van der Waals surface area contributed by atoms with E-state index in [1.54, 1.807) is 12.5 Å². The third-order valence-electron chi connectivity index (χ3n) is 2.49. The van der Waals surface area contributed by atoms with Crippen molar-refractivity contribution in [2.75, 3.05) is 38.2 Å². The molecule has 1 aromatic heterocycles. The van der Waals surface area contributed by atoms with Crippen LogP contribution in [0.4, 0.5) is 5.82 Å². The predicted octanol–water partition coefficient (Wildman–Crippen LogP) is 0.664. The molecule has 0 aromatic carbocycles. The second-order valence-electron chi connectivity index (χ2n) is 3.77. The van der Waals surface area contributed by atoms with Crippen LogP contribution in [0.5, 0.6) is 0 Å². The molecule has 1 aromatic rings. The van der Waals surface area contributed by atoms with E-state index in [0.29, 0.717) is 0 Å². The fourth-order valence-electron chi connectivity index (χ4n) is 1.72. The average Bonchev–Trinajstić information content (AvgIpc) is 2.31. The number of ether oxygens (including phenoxy) is 1. The number of anilines is 1. The van der Waals surface area contributed by atoms with Gasteiger partial charge in [0.1, 0.15) is 12.1 Å². The van der Waals surface area contributed by atoms with Crippen LogP contribution >= 0.6 is 15.9 Å². The first kappa shape index (κ1) is 11.8. The van der Waals surface area contributed by atoms with Gasteiger partial charge in [-0.1, -0.05) is 0 Å². The molecule has 16 heavy (non-hydrogen) atoms. The largest absolute Gasteiger partial charge is 0.374 e. The molecule has 0 aliphatic carbocycles. The molecule has 1 unspecified atom stereocenters. The van der Waals surface area contributed by atoms with Crippen LogP contribution in [-0.4, -0.2) is 49.4 Å². The van der Waals surface area contributed by atoms with Gasteiger partial charge in [0.2, 0.25) is 0 Å². The molecule has 0 spiro atoms. The Bertz CT molecular complexity index is 343. The third-order valence-corrected chi connectivity index (χ3v) is 3.05. The Labute approximate surface area is 103 Å².